The summed E-state index contributed by atoms with van der Waals surface area (Å²) in [5, 5.41) is 0. The standard InChI is InChI=1S/C48H92O3/c1-3-5-7-9-11-13-15-17-19-21-23-25-27-29-31-33-35-37-39-41-43-45-46(48(50)51-47(45)49)44-42-40-38-36-34-32-30-28-26-24-22-20-18-16-14-12-10-8-6-4-2/h45-46H,3-44H2,1-2H3. The molecule has 0 saturated carbocycles. The highest BCUT2D eigenvalue weighted by atomic mass is 16.6. The van der Waals surface area contributed by atoms with Crippen LogP contribution in [0.25, 0.3) is 0 Å². The molecule has 2 unspecified atom stereocenters. The van der Waals surface area contributed by atoms with Crippen molar-refractivity contribution in [1.82, 2.24) is 0 Å². The van der Waals surface area contributed by atoms with Gasteiger partial charge in [-0.15, -0.1) is 0 Å². The van der Waals surface area contributed by atoms with Gasteiger partial charge >= 0.3 is 11.9 Å². The molecule has 1 saturated heterocycles. The van der Waals surface area contributed by atoms with E-state index in [2.05, 4.69) is 13.8 Å². The molecule has 1 rings (SSSR count). The Bertz CT molecular complexity index is 672. The lowest BCUT2D eigenvalue weighted by Gasteiger charge is -2.13. The Labute approximate surface area is 320 Å². The number of carbonyl (C=O) groups is 2. The maximum atomic E-state index is 12.4. The Morgan fingerprint density at radius 2 is 0.431 bits per heavy atom. The van der Waals surface area contributed by atoms with Crippen LogP contribution in [0.15, 0.2) is 0 Å². The van der Waals surface area contributed by atoms with E-state index >= 15 is 0 Å². The summed E-state index contributed by atoms with van der Waals surface area (Å²) in [7, 11) is 0. The molecule has 0 amide bonds. The lowest BCUT2D eigenvalue weighted by molar-refractivity contribution is -0.153. The monoisotopic (exact) mass is 717 g/mol. The smallest absolute Gasteiger partial charge is 0.317 e. The highest BCUT2D eigenvalue weighted by Crippen LogP contribution is 2.33. The number of esters is 2. The van der Waals surface area contributed by atoms with Gasteiger partial charge < -0.3 is 4.74 Å². The highest BCUT2D eigenvalue weighted by molar-refractivity contribution is 5.96. The van der Waals surface area contributed by atoms with Crippen molar-refractivity contribution < 1.29 is 14.3 Å². The molecule has 1 aliphatic heterocycles. The van der Waals surface area contributed by atoms with E-state index in [1.165, 1.54) is 244 Å². The van der Waals surface area contributed by atoms with E-state index in [0.717, 1.165) is 25.7 Å². The van der Waals surface area contributed by atoms with Crippen LogP contribution in [0.1, 0.15) is 284 Å². The van der Waals surface area contributed by atoms with Crippen LogP contribution in [0.4, 0.5) is 0 Å². The Kier molecular flexibility index (Phi) is 36.7. The van der Waals surface area contributed by atoms with Crippen LogP contribution in [0.5, 0.6) is 0 Å². The van der Waals surface area contributed by atoms with Crippen LogP contribution in [-0.4, -0.2) is 11.9 Å². The fourth-order valence-corrected chi connectivity index (χ4v) is 8.46. The number of rotatable bonds is 42. The van der Waals surface area contributed by atoms with Crippen molar-refractivity contribution in [2.75, 3.05) is 0 Å². The molecule has 0 bridgehead atoms. The third-order valence-corrected chi connectivity index (χ3v) is 12.0. The summed E-state index contributed by atoms with van der Waals surface area (Å²) in [6.45, 7) is 4.59. The van der Waals surface area contributed by atoms with Gasteiger partial charge in [0.1, 0.15) is 0 Å². The van der Waals surface area contributed by atoms with Gasteiger partial charge in [-0.2, -0.15) is 0 Å². The number of cyclic esters (lactones) is 2. The predicted octanol–water partition coefficient (Wildman–Crippen LogP) is 16.7. The van der Waals surface area contributed by atoms with Crippen LogP contribution in [0.3, 0.4) is 0 Å². The third kappa shape index (κ3) is 31.2. The van der Waals surface area contributed by atoms with Crippen LogP contribution < -0.4 is 0 Å². The first-order valence-corrected chi connectivity index (χ1v) is 24.0. The summed E-state index contributed by atoms with van der Waals surface area (Å²) in [6.07, 6.45) is 56.9. The fraction of sp³-hybridized carbons (Fsp3) is 0.958. The van der Waals surface area contributed by atoms with Gasteiger partial charge in [-0.3, -0.25) is 9.59 Å². The molecule has 0 aromatic rings. The van der Waals surface area contributed by atoms with Crippen molar-refractivity contribution in [1.29, 1.82) is 0 Å². The van der Waals surface area contributed by atoms with E-state index < -0.39 is 0 Å². The van der Waals surface area contributed by atoms with Crippen molar-refractivity contribution in [2.45, 2.75) is 284 Å². The van der Waals surface area contributed by atoms with Gasteiger partial charge in [0.25, 0.3) is 0 Å². The van der Waals surface area contributed by atoms with E-state index in [0.29, 0.717) is 0 Å². The van der Waals surface area contributed by atoms with Gasteiger partial charge in [-0.25, -0.2) is 0 Å². The molecule has 0 aliphatic carbocycles. The fourth-order valence-electron chi connectivity index (χ4n) is 8.46. The average Bonchev–Trinajstić information content (AvgIpc) is 3.40. The van der Waals surface area contributed by atoms with Crippen LogP contribution in [0, 0.1) is 11.8 Å². The van der Waals surface area contributed by atoms with E-state index in [1.54, 1.807) is 0 Å². The molecule has 0 radical (unpaired) electrons. The summed E-state index contributed by atoms with van der Waals surface area (Å²) >= 11 is 0. The summed E-state index contributed by atoms with van der Waals surface area (Å²) in [5.41, 5.74) is 0. The molecule has 0 aromatic carbocycles. The number of unbranched alkanes of at least 4 members (excludes halogenated alkanes) is 38. The maximum Gasteiger partial charge on any atom is 0.317 e. The van der Waals surface area contributed by atoms with Gasteiger partial charge in [0.2, 0.25) is 0 Å². The van der Waals surface area contributed by atoms with Gasteiger partial charge in [-0.1, -0.05) is 271 Å². The topological polar surface area (TPSA) is 43.4 Å². The van der Waals surface area contributed by atoms with Crippen LogP contribution >= 0.6 is 0 Å². The SMILES string of the molecule is CCCCCCCCCCCCCCCCCCCCCCC1C(=O)OC(=O)C1CCCCCCCCCCCCCCCCCCCCCC. The second-order valence-corrected chi connectivity index (χ2v) is 17.0. The summed E-state index contributed by atoms with van der Waals surface area (Å²) < 4.78 is 5.10. The molecule has 1 aliphatic rings. The maximum absolute atomic E-state index is 12.4. The minimum absolute atomic E-state index is 0.173. The molecule has 0 spiro atoms. The Hall–Kier alpha value is -0.860. The van der Waals surface area contributed by atoms with Crippen molar-refractivity contribution in [3.63, 3.8) is 0 Å². The molecule has 2 atom stereocenters. The van der Waals surface area contributed by atoms with Gasteiger partial charge in [0.15, 0.2) is 0 Å². The summed E-state index contributed by atoms with van der Waals surface area (Å²) in [5.74, 6) is -0.825. The van der Waals surface area contributed by atoms with E-state index in [9.17, 15) is 9.59 Å². The lowest BCUT2D eigenvalue weighted by atomic mass is 9.86. The molecule has 3 heteroatoms. The third-order valence-electron chi connectivity index (χ3n) is 12.0. The molecule has 302 valence electrons. The molecule has 0 N–H and O–H groups in total. The van der Waals surface area contributed by atoms with Crippen LogP contribution in [0.2, 0.25) is 0 Å². The number of hydrogen-bond acceptors (Lipinski definition) is 3. The van der Waals surface area contributed by atoms with Crippen molar-refractivity contribution in [2.24, 2.45) is 11.8 Å². The summed E-state index contributed by atoms with van der Waals surface area (Å²) in [4.78, 5) is 24.8. The zero-order valence-electron chi connectivity index (χ0n) is 35.1. The van der Waals surface area contributed by atoms with E-state index in [1.807, 2.05) is 0 Å². The number of carbonyl (C=O) groups excluding carboxylic acids is 2. The molecule has 51 heavy (non-hydrogen) atoms. The largest absolute Gasteiger partial charge is 0.393 e. The second kappa shape index (κ2) is 38.9. The number of ether oxygens (including phenoxy) is 1. The van der Waals surface area contributed by atoms with Crippen molar-refractivity contribution in [3.8, 4) is 0 Å². The quantitative estimate of drug-likeness (QED) is 0.0359. The van der Waals surface area contributed by atoms with E-state index in [4.69, 9.17) is 4.74 Å². The van der Waals surface area contributed by atoms with Gasteiger partial charge in [0, 0.05) is 0 Å². The Balaban J connectivity index is 1.86. The first-order valence-electron chi connectivity index (χ1n) is 24.0. The molecule has 1 heterocycles. The molecule has 0 aromatic heterocycles. The first-order chi connectivity index (χ1) is 25.2. The Morgan fingerprint density at radius 1 is 0.275 bits per heavy atom. The normalized spacial score (nSPS) is 16.0. The van der Waals surface area contributed by atoms with Crippen molar-refractivity contribution >= 4 is 11.9 Å². The van der Waals surface area contributed by atoms with Crippen molar-refractivity contribution in [3.05, 3.63) is 0 Å². The van der Waals surface area contributed by atoms with Gasteiger partial charge in [0.05, 0.1) is 11.8 Å². The minimum atomic E-state index is -0.240. The molecule has 1 fully saturated rings. The van der Waals surface area contributed by atoms with Gasteiger partial charge in [-0.05, 0) is 12.8 Å². The predicted molar refractivity (Wildman–Crippen MR) is 223 cm³/mol. The number of hydrogen-bond donors (Lipinski definition) is 0. The lowest BCUT2D eigenvalue weighted by Crippen LogP contribution is -2.18. The zero-order valence-corrected chi connectivity index (χ0v) is 35.1. The van der Waals surface area contributed by atoms with E-state index in [-0.39, 0.29) is 23.8 Å². The molecule has 3 nitrogen and oxygen atoms in total. The molecular weight excluding hydrogens is 625 g/mol. The summed E-state index contributed by atoms with van der Waals surface area (Å²) in [6, 6.07) is 0. The molecular formula is C48H92O3. The minimum Gasteiger partial charge on any atom is -0.393 e. The second-order valence-electron chi connectivity index (χ2n) is 17.0. The zero-order chi connectivity index (χ0) is 36.7. The average molecular weight is 717 g/mol. The Morgan fingerprint density at radius 3 is 0.608 bits per heavy atom. The van der Waals surface area contributed by atoms with Crippen LogP contribution in [-0.2, 0) is 14.3 Å². The highest BCUT2D eigenvalue weighted by Gasteiger charge is 2.42. The first kappa shape index (κ1) is 48.2.